The zero-order chi connectivity index (χ0) is 87.6. The maximum Gasteiger partial charge on any atom is 1.00 e. The van der Waals surface area contributed by atoms with E-state index in [-0.39, 0.29) is 103 Å². The fraction of sp³-hybridized carbons (Fsp3) is 0.318. The van der Waals surface area contributed by atoms with E-state index in [1.165, 1.54) is 132 Å². The van der Waals surface area contributed by atoms with Crippen LogP contribution in [0.3, 0.4) is 0 Å². The molecule has 2 saturated heterocycles. The molecule has 0 aliphatic carbocycles. The number of methoxy groups -OCH3 is 2. The number of ketones is 2. The topological polar surface area (TPSA) is 319 Å². The third kappa shape index (κ3) is 49.5. The van der Waals surface area contributed by atoms with Gasteiger partial charge in [-0.15, -0.1) is 0 Å². The van der Waals surface area contributed by atoms with Gasteiger partial charge in [0.1, 0.15) is 35.2 Å². The zero-order valence-corrected chi connectivity index (χ0v) is 77.3. The first-order valence-electron chi connectivity index (χ1n) is 36.3. The van der Waals surface area contributed by atoms with Crippen molar-refractivity contribution in [2.45, 2.75) is 103 Å². The van der Waals surface area contributed by atoms with Crippen LogP contribution in [0.2, 0.25) is 0 Å². The van der Waals surface area contributed by atoms with Gasteiger partial charge >= 0.3 is 30.8 Å². The molecular weight excluding hydrogens is 1890 g/mol. The summed E-state index contributed by atoms with van der Waals surface area (Å²) in [5, 5.41) is 19.0. The van der Waals surface area contributed by atoms with Gasteiger partial charge in [-0.3, -0.25) is 58.5 Å². The number of likely N-dealkylation sites (tertiary alicyclic amines) is 1. The minimum atomic E-state index is -1.04. The van der Waals surface area contributed by atoms with Crippen molar-refractivity contribution in [2.75, 3.05) is 76.5 Å². The molecule has 1 unspecified atom stereocenters. The van der Waals surface area contributed by atoms with E-state index in [2.05, 4.69) is 163 Å². The van der Waals surface area contributed by atoms with Crippen molar-refractivity contribution in [1.82, 2.24) is 35.0 Å². The number of hydroxylamine groups is 5. The summed E-state index contributed by atoms with van der Waals surface area (Å²) in [7, 11) is 12.6. The molecule has 0 spiro atoms. The summed E-state index contributed by atoms with van der Waals surface area (Å²) in [5.41, 5.74) is 13.1. The molecule has 0 saturated carbocycles. The SMILES string of the molecule is Brc1cncc(Br)c1.CON(C)C(=O)c1ccc(F)cc1.CON(C)C(=O)c1ccc(F)cc1.COc1ccc(C(C)N2CCC[C@H]2c2cncc(Br)c2)cc1.COc1ccc([C@@H](C)N)cc1.C[NH2+]OC.O=C(CCCO)c1cncc(Br)c1.O=C(O)c1ccc(F)cc1.O=C1CCCO1.O=CCCC(=O)c1cncc(Br)c1.[CH2-]CCC.[Cl-].[Li+]. The molecule has 9 aromatic rings. The van der Waals surface area contributed by atoms with Crippen LogP contribution in [0.1, 0.15) is 172 Å². The Labute approximate surface area is 755 Å². The van der Waals surface area contributed by atoms with Crippen LogP contribution in [0.4, 0.5) is 13.2 Å². The van der Waals surface area contributed by atoms with E-state index in [1.807, 2.05) is 68.8 Å². The van der Waals surface area contributed by atoms with Gasteiger partial charge in [-0.05, 0) is 264 Å². The van der Waals surface area contributed by atoms with Crippen molar-refractivity contribution in [2.24, 2.45) is 5.73 Å². The number of cyclic esters (lactones) is 1. The molecule has 6 N–H and O–H groups in total. The van der Waals surface area contributed by atoms with E-state index < -0.39 is 11.8 Å². The third-order valence-electron chi connectivity index (χ3n) is 15.7. The van der Waals surface area contributed by atoms with E-state index in [9.17, 15) is 46.7 Å². The second kappa shape index (κ2) is 67.6. The molecule has 642 valence electrons. The fourth-order valence-electron chi connectivity index (χ4n) is 9.22. The summed E-state index contributed by atoms with van der Waals surface area (Å²) in [6.07, 6.45) is 22.0. The second-order valence-corrected chi connectivity index (χ2v) is 28.9. The zero-order valence-electron chi connectivity index (χ0n) is 68.6. The van der Waals surface area contributed by atoms with E-state index >= 15 is 0 Å². The van der Waals surface area contributed by atoms with Crippen molar-refractivity contribution >= 4 is 121 Å². The van der Waals surface area contributed by atoms with Gasteiger partial charge in [-0.2, -0.15) is 6.42 Å². The van der Waals surface area contributed by atoms with Gasteiger partial charge in [0, 0.05) is 159 Å². The molecule has 24 nitrogen and oxygen atoms in total. The van der Waals surface area contributed by atoms with E-state index in [0.717, 1.165) is 87.4 Å². The number of esters is 1. The van der Waals surface area contributed by atoms with E-state index in [1.54, 1.807) is 63.7 Å². The number of aromatic carboxylic acids is 1. The number of ether oxygens (including phenoxy) is 3. The fourth-order valence-corrected chi connectivity index (χ4v) is 11.4. The van der Waals surface area contributed by atoms with Gasteiger partial charge < -0.3 is 54.3 Å². The molecule has 5 aromatic carbocycles. The van der Waals surface area contributed by atoms with Gasteiger partial charge in [-0.25, -0.2) is 38.4 Å². The van der Waals surface area contributed by atoms with Crippen LogP contribution >= 0.6 is 79.6 Å². The first kappa shape index (κ1) is 113. The van der Waals surface area contributed by atoms with Crippen molar-refractivity contribution in [1.29, 1.82) is 0 Å². The predicted molar refractivity (Wildman–Crippen MR) is 461 cm³/mol. The Hall–Kier alpha value is -8.01. The number of aliphatic hydroxyl groups is 1. The number of amides is 2. The van der Waals surface area contributed by atoms with Crippen LogP contribution in [0.15, 0.2) is 218 Å². The number of nitrogens with two attached hydrogens (primary N) is 2. The number of carbonyl (C=O) groups excluding carboxylic acids is 6. The summed E-state index contributed by atoms with van der Waals surface area (Å²) < 4.78 is 56.5. The minimum Gasteiger partial charge on any atom is -1.00 e. The van der Waals surface area contributed by atoms with Crippen LogP contribution < -0.4 is 52.0 Å². The number of nitrogens with zero attached hydrogens (tertiary/aromatic N) is 7. The Kier molecular flexibility index (Phi) is 64.2. The van der Waals surface area contributed by atoms with Crippen LogP contribution in [0, 0.1) is 24.4 Å². The molecule has 0 bridgehead atoms. The average Bonchev–Trinajstić information content (AvgIpc) is 1.70. The molecule has 3 atom stereocenters. The Balaban J connectivity index is 0. The predicted octanol–water partition coefficient (Wildman–Crippen LogP) is 12.0. The molecule has 2 aliphatic rings. The Morgan fingerprint density at radius 1 is 0.613 bits per heavy atom. The average molecular weight is 1990 g/mol. The molecule has 0 radical (unpaired) electrons. The summed E-state index contributed by atoms with van der Waals surface area (Å²) in [6.45, 7) is 11.8. The van der Waals surface area contributed by atoms with Crippen molar-refractivity contribution in [3.05, 3.63) is 286 Å². The first-order chi connectivity index (χ1) is 55.9. The molecule has 6 heterocycles. The minimum absolute atomic E-state index is 0. The van der Waals surface area contributed by atoms with Crippen LogP contribution in [-0.2, 0) is 28.8 Å². The van der Waals surface area contributed by atoms with Crippen LogP contribution in [0.25, 0.3) is 0 Å². The molecule has 4 aromatic heterocycles. The Bertz CT molecular complexity index is 4230. The number of quaternary nitrogens is 1. The summed E-state index contributed by atoms with van der Waals surface area (Å²) in [5.74, 6) is -1.11. The number of hydrogen-bond acceptors (Lipinski definition) is 20. The third-order valence-corrected chi connectivity index (χ3v) is 17.9. The standard InChI is InChI=1S/C18H21BrN2O.C9H10BrNO2.C9H8BrNO2.2C9H10FNO2.C9H13NO.C7H5FO2.C5H3Br2N.C4H6O2.C4H9.C2H7NO.ClH.Li/c1-13(14-5-7-17(22-2)8-6-14)21-9-3-4-18(21)15-10-16(19)12-20-11-15;2*10-8-4-7(5-11-6-8)9(13)2-1-3-12;2*1-11(13-2)9(12)7-3-5-8(10)6-4-7;1-7(10)8-3-5-9(11-2)6-4-8;8-6-3-1-5(2-4-6)7(9)10;6-4-1-5(7)3-8-2-4;5-4-2-1-3-6-4;2*1-3-4-2;;/h5-8,10-13,18H,3-4,9H2,1-2H3;4-6,12H,1-3H2;3-6H,1-2H2;2*3-6H,1-2H3;3-7H,10H2,1-2H3;1-4H,(H,9,10);1-3H;1-3H2;1,3-4H2,2H3;3H,1-2H3;1H;/q;;;;;;;;;-1;;;+1/t13?,18-;;;;;7-;;;;;;;/m0....1......./s1. The smallest absolute Gasteiger partial charge is 1.00 e. The van der Waals surface area contributed by atoms with Crippen LogP contribution in [0.5, 0.6) is 11.5 Å². The van der Waals surface area contributed by atoms with Gasteiger partial charge in [0.15, 0.2) is 11.6 Å². The molecule has 2 amide bonds. The number of carbonyl (C=O) groups is 7. The van der Waals surface area contributed by atoms with Gasteiger partial charge in [0.25, 0.3) is 11.8 Å². The van der Waals surface area contributed by atoms with Crippen LogP contribution in [-0.4, -0.2) is 163 Å². The summed E-state index contributed by atoms with van der Waals surface area (Å²) >= 11 is 16.5. The number of pyridine rings is 4. The van der Waals surface area contributed by atoms with E-state index in [0.29, 0.717) is 60.2 Å². The molecule has 34 heteroatoms. The number of aromatic nitrogens is 4. The number of hydrogen-bond donors (Lipinski definition) is 4. The molecule has 119 heavy (non-hydrogen) atoms. The van der Waals surface area contributed by atoms with Crippen molar-refractivity contribution < 1.29 is 122 Å². The number of carboxylic acids is 1. The Morgan fingerprint density at radius 3 is 1.31 bits per heavy atom. The molecular formula is C85H103Br5ClF3LiN9O15. The maximum absolute atomic E-state index is 12.5. The number of halogens is 9. The number of aliphatic hydroxyl groups excluding tert-OH is 1. The summed E-state index contributed by atoms with van der Waals surface area (Å²) in [4.78, 5) is 108. The largest absolute Gasteiger partial charge is 1.00 e. The number of Topliss-reactive ketones (excluding diaryl/α,β-unsaturated/α-hetero) is 2. The maximum atomic E-state index is 12.5. The quantitative estimate of drug-likeness (QED) is 0.0130. The number of unbranched alkanes of at least 4 members (excludes halogenated alkanes) is 1. The number of carboxylic acid groups (broad SMARTS) is 1. The number of benzene rings is 5. The normalized spacial score (nSPS) is 12.1. The number of rotatable bonds is 21. The van der Waals surface area contributed by atoms with Gasteiger partial charge in [0.05, 0.1) is 54.8 Å². The molecule has 2 aliphatic heterocycles. The second-order valence-electron chi connectivity index (χ2n) is 24.3. The van der Waals surface area contributed by atoms with Crippen molar-refractivity contribution in [3.8, 4) is 11.5 Å². The molecule has 11 rings (SSSR count). The first-order valence-corrected chi connectivity index (χ1v) is 40.3. The van der Waals surface area contributed by atoms with Gasteiger partial charge in [-0.1, -0.05) is 37.6 Å². The number of aldehydes is 1. The van der Waals surface area contributed by atoms with E-state index in [4.69, 9.17) is 25.4 Å². The summed E-state index contributed by atoms with van der Waals surface area (Å²) in [6, 6.07) is 39.9. The van der Waals surface area contributed by atoms with Gasteiger partial charge in [0.2, 0.25) is 0 Å². The monoisotopic (exact) mass is 1980 g/mol. The molecule has 2 fully saturated rings. The Morgan fingerprint density at radius 2 is 1.00 bits per heavy atom. The van der Waals surface area contributed by atoms with Crippen molar-refractivity contribution in [3.63, 3.8) is 0 Å².